The van der Waals surface area contributed by atoms with Crippen LogP contribution in [-0.2, 0) is 23.9 Å². The molecule has 0 aromatic heterocycles. The van der Waals surface area contributed by atoms with Crippen LogP contribution in [0.3, 0.4) is 0 Å². The van der Waals surface area contributed by atoms with E-state index in [1.807, 2.05) is 0 Å². The SMILES string of the molecule is C=C(C)C(=O)OC(=O)C(=O)C(=O)CCCCCCCCCCCCCCC(C)C. The molecule has 0 rings (SSSR count). The predicted octanol–water partition coefficient (Wildman–Crippen LogP) is 5.89. The second-order valence-corrected chi connectivity index (χ2v) is 8.38. The Balaban J connectivity index is 3.53. The van der Waals surface area contributed by atoms with Crippen LogP contribution in [0.2, 0.25) is 0 Å². The number of ketones is 2. The molecule has 0 fully saturated rings. The highest BCUT2D eigenvalue weighted by atomic mass is 16.6. The Morgan fingerprint density at radius 2 is 1.10 bits per heavy atom. The van der Waals surface area contributed by atoms with Crippen LogP contribution in [-0.4, -0.2) is 23.5 Å². The van der Waals surface area contributed by atoms with Crippen LogP contribution in [0.1, 0.15) is 111 Å². The third kappa shape index (κ3) is 15.8. The van der Waals surface area contributed by atoms with Crippen molar-refractivity contribution in [1.29, 1.82) is 0 Å². The first-order valence-corrected chi connectivity index (χ1v) is 11.2. The second-order valence-electron chi connectivity index (χ2n) is 8.38. The number of carbonyl (C=O) groups excluding carboxylic acids is 4. The van der Waals surface area contributed by atoms with Gasteiger partial charge in [0.2, 0.25) is 5.78 Å². The minimum Gasteiger partial charge on any atom is -0.383 e. The van der Waals surface area contributed by atoms with Crippen LogP contribution >= 0.6 is 0 Å². The van der Waals surface area contributed by atoms with Crippen LogP contribution in [0.25, 0.3) is 0 Å². The van der Waals surface area contributed by atoms with Crippen molar-refractivity contribution in [2.24, 2.45) is 5.92 Å². The van der Waals surface area contributed by atoms with Gasteiger partial charge in [-0.25, -0.2) is 9.59 Å². The van der Waals surface area contributed by atoms with Crippen LogP contribution in [0.5, 0.6) is 0 Å². The maximum atomic E-state index is 11.7. The summed E-state index contributed by atoms with van der Waals surface area (Å²) < 4.78 is 4.28. The lowest BCUT2D eigenvalue weighted by Gasteiger charge is -2.05. The van der Waals surface area contributed by atoms with Gasteiger partial charge in [-0.1, -0.05) is 97.5 Å². The quantitative estimate of drug-likeness (QED) is 0.0929. The minimum atomic E-state index is -1.41. The van der Waals surface area contributed by atoms with Gasteiger partial charge < -0.3 is 4.74 Å². The molecule has 0 aromatic rings. The van der Waals surface area contributed by atoms with Crippen molar-refractivity contribution >= 4 is 23.5 Å². The summed E-state index contributed by atoms with van der Waals surface area (Å²) in [5.41, 5.74) is 0.000220. The Morgan fingerprint density at radius 3 is 1.52 bits per heavy atom. The van der Waals surface area contributed by atoms with Gasteiger partial charge in [0, 0.05) is 12.0 Å². The molecule has 29 heavy (non-hydrogen) atoms. The lowest BCUT2D eigenvalue weighted by Crippen LogP contribution is -2.28. The highest BCUT2D eigenvalue weighted by Gasteiger charge is 2.26. The monoisotopic (exact) mass is 408 g/mol. The van der Waals surface area contributed by atoms with Crippen molar-refractivity contribution in [3.05, 3.63) is 12.2 Å². The van der Waals surface area contributed by atoms with Crippen molar-refractivity contribution in [1.82, 2.24) is 0 Å². The summed E-state index contributed by atoms with van der Waals surface area (Å²) in [4.78, 5) is 45.8. The molecule has 0 saturated heterocycles. The minimum absolute atomic E-state index is 0.000220. The molecule has 0 N–H and O–H groups in total. The fraction of sp³-hybridized carbons (Fsp3) is 0.750. The van der Waals surface area contributed by atoms with Crippen molar-refractivity contribution in [3.8, 4) is 0 Å². The van der Waals surface area contributed by atoms with Gasteiger partial charge in [-0.2, -0.15) is 0 Å². The lowest BCUT2D eigenvalue weighted by molar-refractivity contribution is -0.163. The Labute approximate surface area is 176 Å². The van der Waals surface area contributed by atoms with Gasteiger partial charge in [0.25, 0.3) is 0 Å². The number of carbonyl (C=O) groups is 4. The van der Waals surface area contributed by atoms with Gasteiger partial charge in [0.05, 0.1) is 0 Å². The van der Waals surface area contributed by atoms with Crippen LogP contribution in [0, 0.1) is 5.92 Å². The van der Waals surface area contributed by atoms with Gasteiger partial charge in [0.15, 0.2) is 0 Å². The van der Waals surface area contributed by atoms with Crippen molar-refractivity contribution < 1.29 is 23.9 Å². The first-order valence-electron chi connectivity index (χ1n) is 11.2. The van der Waals surface area contributed by atoms with E-state index < -0.39 is 23.5 Å². The molecule has 0 aromatic carbocycles. The molecule has 0 radical (unpaired) electrons. The largest absolute Gasteiger partial charge is 0.390 e. The van der Waals surface area contributed by atoms with Gasteiger partial charge in [-0.05, 0) is 19.3 Å². The Kier molecular flexibility index (Phi) is 16.1. The Bertz CT molecular complexity index is 533. The summed E-state index contributed by atoms with van der Waals surface area (Å²) in [6, 6.07) is 0. The predicted molar refractivity (Wildman–Crippen MR) is 115 cm³/mol. The van der Waals surface area contributed by atoms with Crippen LogP contribution < -0.4 is 0 Å². The average molecular weight is 409 g/mol. The summed E-state index contributed by atoms with van der Waals surface area (Å²) >= 11 is 0. The summed E-state index contributed by atoms with van der Waals surface area (Å²) in [5, 5.41) is 0. The fourth-order valence-corrected chi connectivity index (χ4v) is 3.05. The third-order valence-electron chi connectivity index (χ3n) is 4.91. The molecule has 166 valence electrons. The molecule has 5 heteroatoms. The van der Waals surface area contributed by atoms with Gasteiger partial charge >= 0.3 is 17.7 Å². The fourth-order valence-electron chi connectivity index (χ4n) is 3.05. The molecule has 0 aliphatic carbocycles. The molecule has 0 bridgehead atoms. The first-order chi connectivity index (χ1) is 13.8. The van der Waals surface area contributed by atoms with Gasteiger partial charge in [-0.15, -0.1) is 0 Å². The number of Topliss-reactive ketones (excluding diaryl/α,β-unsaturated/α-hetero) is 2. The average Bonchev–Trinajstić information content (AvgIpc) is 2.66. The third-order valence-corrected chi connectivity index (χ3v) is 4.91. The number of rotatable bonds is 18. The smallest absolute Gasteiger partial charge is 0.383 e. The molecular formula is C24H40O5. The molecule has 0 aliphatic heterocycles. The van der Waals surface area contributed by atoms with E-state index >= 15 is 0 Å². The molecule has 5 nitrogen and oxygen atoms in total. The zero-order chi connectivity index (χ0) is 22.1. The molecule has 0 heterocycles. The molecule has 0 saturated carbocycles. The number of esters is 2. The van der Waals surface area contributed by atoms with Gasteiger partial charge in [0.1, 0.15) is 0 Å². The van der Waals surface area contributed by atoms with E-state index in [9.17, 15) is 19.2 Å². The van der Waals surface area contributed by atoms with Crippen molar-refractivity contribution in [3.63, 3.8) is 0 Å². The number of unbranched alkanes of at least 4 members (excludes halogenated alkanes) is 11. The van der Waals surface area contributed by atoms with E-state index in [2.05, 4.69) is 25.2 Å². The maximum Gasteiger partial charge on any atom is 0.390 e. The molecule has 0 atom stereocenters. The summed E-state index contributed by atoms with van der Waals surface area (Å²) in [6.07, 6.45) is 15.4. The Morgan fingerprint density at radius 1 is 0.690 bits per heavy atom. The topological polar surface area (TPSA) is 77.5 Å². The van der Waals surface area contributed by atoms with Crippen LogP contribution in [0.15, 0.2) is 12.2 Å². The van der Waals surface area contributed by atoms with Gasteiger partial charge in [-0.3, -0.25) is 9.59 Å². The highest BCUT2D eigenvalue weighted by molar-refractivity contribution is 6.62. The lowest BCUT2D eigenvalue weighted by atomic mass is 10.0. The van der Waals surface area contributed by atoms with Crippen molar-refractivity contribution in [2.45, 2.75) is 111 Å². The molecule has 0 amide bonds. The normalized spacial score (nSPS) is 10.8. The summed E-state index contributed by atoms with van der Waals surface area (Å²) in [7, 11) is 0. The van der Waals surface area contributed by atoms with E-state index in [4.69, 9.17) is 0 Å². The van der Waals surface area contributed by atoms with E-state index in [0.717, 1.165) is 25.2 Å². The molecule has 0 aliphatic rings. The standard InChI is InChI=1S/C24H40O5/c1-19(2)17-15-13-11-9-7-5-6-8-10-12-14-16-18-21(25)22(26)24(28)29-23(27)20(3)4/h19H,3,5-18H2,1-2,4H3. The van der Waals surface area contributed by atoms with E-state index in [1.165, 1.54) is 64.7 Å². The first kappa shape index (κ1) is 27.2. The molecule has 0 unspecified atom stereocenters. The number of hydrogen-bond donors (Lipinski definition) is 0. The maximum absolute atomic E-state index is 11.7. The Hall–Kier alpha value is -1.78. The zero-order valence-corrected chi connectivity index (χ0v) is 18.7. The van der Waals surface area contributed by atoms with E-state index in [-0.39, 0.29) is 12.0 Å². The summed E-state index contributed by atoms with van der Waals surface area (Å²) in [5.74, 6) is -3.63. The van der Waals surface area contributed by atoms with Crippen LogP contribution in [0.4, 0.5) is 0 Å². The zero-order valence-electron chi connectivity index (χ0n) is 18.7. The second kappa shape index (κ2) is 17.1. The number of ether oxygens (including phenoxy) is 1. The van der Waals surface area contributed by atoms with E-state index in [1.54, 1.807) is 0 Å². The molecular weight excluding hydrogens is 368 g/mol. The number of hydrogen-bond acceptors (Lipinski definition) is 5. The highest BCUT2D eigenvalue weighted by Crippen LogP contribution is 2.14. The van der Waals surface area contributed by atoms with Crippen molar-refractivity contribution in [2.75, 3.05) is 0 Å². The summed E-state index contributed by atoms with van der Waals surface area (Å²) in [6.45, 7) is 9.23. The molecule has 0 spiro atoms. The van der Waals surface area contributed by atoms with E-state index in [0.29, 0.717) is 6.42 Å².